The molecule has 0 heterocycles. The van der Waals surface area contributed by atoms with Gasteiger partial charge in [0.25, 0.3) is 0 Å². The van der Waals surface area contributed by atoms with Gasteiger partial charge in [-0.2, -0.15) is 0 Å². The average Bonchev–Trinajstić information content (AvgIpc) is 2.44. The standard InChI is InChI=1S/C18H19FO/c1-2-14-12-18(13-14,15-8-10-16(19)11-9-15)20-17-6-4-3-5-7-17/h3-11,14H,2,12-13H2,1H3. The van der Waals surface area contributed by atoms with E-state index in [4.69, 9.17) is 4.74 Å². The molecule has 20 heavy (non-hydrogen) atoms. The zero-order valence-electron chi connectivity index (χ0n) is 11.7. The first-order chi connectivity index (χ1) is 9.72. The van der Waals surface area contributed by atoms with E-state index >= 15 is 0 Å². The Morgan fingerprint density at radius 1 is 1.05 bits per heavy atom. The van der Waals surface area contributed by atoms with Crippen LogP contribution in [0.1, 0.15) is 31.7 Å². The molecule has 1 saturated carbocycles. The molecule has 2 heteroatoms. The van der Waals surface area contributed by atoms with Crippen molar-refractivity contribution in [3.8, 4) is 5.75 Å². The number of hydrogen-bond acceptors (Lipinski definition) is 1. The topological polar surface area (TPSA) is 9.23 Å². The molecule has 0 aliphatic heterocycles. The van der Waals surface area contributed by atoms with Gasteiger partial charge < -0.3 is 4.74 Å². The summed E-state index contributed by atoms with van der Waals surface area (Å²) in [5, 5.41) is 0. The number of benzene rings is 2. The molecule has 0 amide bonds. The molecule has 3 rings (SSSR count). The van der Waals surface area contributed by atoms with Crippen molar-refractivity contribution in [3.05, 3.63) is 66.0 Å². The highest BCUT2D eigenvalue weighted by Gasteiger charge is 2.47. The summed E-state index contributed by atoms with van der Waals surface area (Å²) in [6, 6.07) is 16.6. The molecular weight excluding hydrogens is 251 g/mol. The van der Waals surface area contributed by atoms with Crippen molar-refractivity contribution >= 4 is 0 Å². The van der Waals surface area contributed by atoms with E-state index in [2.05, 4.69) is 6.92 Å². The SMILES string of the molecule is CCC1CC(Oc2ccccc2)(c2ccc(F)cc2)C1. The van der Waals surface area contributed by atoms with Gasteiger partial charge in [0.1, 0.15) is 17.2 Å². The minimum atomic E-state index is -0.282. The van der Waals surface area contributed by atoms with E-state index in [9.17, 15) is 4.39 Å². The summed E-state index contributed by atoms with van der Waals surface area (Å²) in [5.41, 5.74) is 0.794. The first-order valence-corrected chi connectivity index (χ1v) is 7.22. The minimum absolute atomic E-state index is 0.199. The molecule has 0 aromatic heterocycles. The van der Waals surface area contributed by atoms with Gasteiger partial charge in [0.2, 0.25) is 0 Å². The maximum atomic E-state index is 13.1. The average molecular weight is 270 g/mol. The number of hydrogen-bond donors (Lipinski definition) is 0. The van der Waals surface area contributed by atoms with Gasteiger partial charge in [-0.3, -0.25) is 0 Å². The zero-order chi connectivity index (χ0) is 14.0. The van der Waals surface area contributed by atoms with E-state index in [1.165, 1.54) is 18.6 Å². The summed E-state index contributed by atoms with van der Waals surface area (Å²) in [5.74, 6) is 1.38. The van der Waals surface area contributed by atoms with Crippen LogP contribution in [-0.4, -0.2) is 0 Å². The van der Waals surface area contributed by atoms with Crippen molar-refractivity contribution in [2.75, 3.05) is 0 Å². The molecule has 2 aromatic carbocycles. The molecule has 1 aliphatic rings. The van der Waals surface area contributed by atoms with Crippen molar-refractivity contribution in [1.29, 1.82) is 0 Å². The van der Waals surface area contributed by atoms with Crippen molar-refractivity contribution in [3.63, 3.8) is 0 Å². The molecule has 0 radical (unpaired) electrons. The summed E-state index contributed by atoms with van der Waals surface area (Å²) in [4.78, 5) is 0. The molecule has 1 fully saturated rings. The van der Waals surface area contributed by atoms with Gasteiger partial charge in [-0.15, -0.1) is 0 Å². The number of rotatable bonds is 4. The van der Waals surface area contributed by atoms with E-state index in [0.717, 1.165) is 24.2 Å². The van der Waals surface area contributed by atoms with Gasteiger partial charge in [0, 0.05) is 0 Å². The normalized spacial score (nSPS) is 25.0. The fraction of sp³-hybridized carbons (Fsp3) is 0.333. The molecule has 0 saturated heterocycles. The molecule has 2 aromatic rings. The molecule has 0 unspecified atom stereocenters. The molecule has 1 aliphatic carbocycles. The van der Waals surface area contributed by atoms with E-state index in [1.54, 1.807) is 0 Å². The third-order valence-electron chi connectivity index (χ3n) is 4.24. The quantitative estimate of drug-likeness (QED) is 0.766. The Labute approximate surface area is 119 Å². The highest BCUT2D eigenvalue weighted by atomic mass is 19.1. The minimum Gasteiger partial charge on any atom is -0.483 e. The van der Waals surface area contributed by atoms with Crippen molar-refractivity contribution < 1.29 is 9.13 Å². The molecule has 1 nitrogen and oxygen atoms in total. The Hall–Kier alpha value is -1.83. The second-order valence-electron chi connectivity index (χ2n) is 5.60. The van der Waals surface area contributed by atoms with Gasteiger partial charge in [0.05, 0.1) is 0 Å². The lowest BCUT2D eigenvalue weighted by molar-refractivity contribution is -0.0569. The summed E-state index contributed by atoms with van der Waals surface area (Å²) in [7, 11) is 0. The first-order valence-electron chi connectivity index (χ1n) is 7.22. The van der Waals surface area contributed by atoms with Gasteiger partial charge in [-0.1, -0.05) is 43.7 Å². The van der Waals surface area contributed by atoms with E-state index < -0.39 is 0 Å². The monoisotopic (exact) mass is 270 g/mol. The Balaban J connectivity index is 1.88. The van der Waals surface area contributed by atoms with Crippen LogP contribution in [0.15, 0.2) is 54.6 Å². The fourth-order valence-electron chi connectivity index (χ4n) is 3.01. The largest absolute Gasteiger partial charge is 0.483 e. The Morgan fingerprint density at radius 2 is 1.70 bits per heavy atom. The third-order valence-corrected chi connectivity index (χ3v) is 4.24. The maximum absolute atomic E-state index is 13.1. The summed E-state index contributed by atoms with van der Waals surface area (Å²) >= 11 is 0. The van der Waals surface area contributed by atoms with Crippen molar-refractivity contribution in [1.82, 2.24) is 0 Å². The highest BCUT2D eigenvalue weighted by Crippen LogP contribution is 2.50. The van der Waals surface area contributed by atoms with Gasteiger partial charge in [-0.05, 0) is 48.6 Å². The van der Waals surface area contributed by atoms with Gasteiger partial charge >= 0.3 is 0 Å². The molecule has 0 N–H and O–H groups in total. The second kappa shape index (κ2) is 5.28. The smallest absolute Gasteiger partial charge is 0.134 e. The Morgan fingerprint density at radius 3 is 2.30 bits per heavy atom. The zero-order valence-corrected chi connectivity index (χ0v) is 11.7. The van der Waals surface area contributed by atoms with Crippen LogP contribution < -0.4 is 4.74 Å². The van der Waals surface area contributed by atoms with Crippen LogP contribution in [0.3, 0.4) is 0 Å². The van der Waals surface area contributed by atoms with Crippen LogP contribution in [0.5, 0.6) is 5.75 Å². The number of halogens is 1. The lowest BCUT2D eigenvalue weighted by Crippen LogP contribution is -2.46. The van der Waals surface area contributed by atoms with E-state index in [0.29, 0.717) is 5.92 Å². The summed E-state index contributed by atoms with van der Waals surface area (Å²) in [6.07, 6.45) is 3.18. The Kier molecular flexibility index (Phi) is 3.47. The lowest BCUT2D eigenvalue weighted by Gasteiger charge is -2.47. The number of para-hydroxylation sites is 1. The van der Waals surface area contributed by atoms with E-state index in [1.807, 2.05) is 42.5 Å². The lowest BCUT2D eigenvalue weighted by atomic mass is 9.66. The van der Waals surface area contributed by atoms with Crippen LogP contribution in [0, 0.1) is 11.7 Å². The van der Waals surface area contributed by atoms with Crippen molar-refractivity contribution in [2.45, 2.75) is 31.8 Å². The first kappa shape index (κ1) is 13.2. The van der Waals surface area contributed by atoms with Crippen LogP contribution >= 0.6 is 0 Å². The van der Waals surface area contributed by atoms with Crippen LogP contribution in [0.4, 0.5) is 4.39 Å². The second-order valence-corrected chi connectivity index (χ2v) is 5.60. The molecule has 0 spiro atoms. The molecule has 0 bridgehead atoms. The summed E-state index contributed by atoms with van der Waals surface area (Å²) < 4.78 is 19.4. The van der Waals surface area contributed by atoms with E-state index in [-0.39, 0.29) is 11.4 Å². The van der Waals surface area contributed by atoms with Crippen LogP contribution in [0.25, 0.3) is 0 Å². The number of ether oxygens (including phenoxy) is 1. The highest BCUT2D eigenvalue weighted by molar-refractivity contribution is 5.30. The third kappa shape index (κ3) is 2.43. The van der Waals surface area contributed by atoms with Gasteiger partial charge in [-0.25, -0.2) is 4.39 Å². The van der Waals surface area contributed by atoms with Crippen LogP contribution in [-0.2, 0) is 5.60 Å². The molecular formula is C18H19FO. The molecule has 104 valence electrons. The predicted octanol–water partition coefficient (Wildman–Crippen LogP) is 4.92. The van der Waals surface area contributed by atoms with Crippen molar-refractivity contribution in [2.24, 2.45) is 5.92 Å². The predicted molar refractivity (Wildman–Crippen MR) is 78.2 cm³/mol. The Bertz CT molecular complexity index is 556. The van der Waals surface area contributed by atoms with Gasteiger partial charge in [0.15, 0.2) is 0 Å². The fourth-order valence-corrected chi connectivity index (χ4v) is 3.01. The van der Waals surface area contributed by atoms with Crippen LogP contribution in [0.2, 0.25) is 0 Å². The summed E-state index contributed by atoms with van der Waals surface area (Å²) in [6.45, 7) is 2.21. The maximum Gasteiger partial charge on any atom is 0.134 e. The molecule has 0 atom stereocenters.